The van der Waals surface area contributed by atoms with Gasteiger partial charge in [0.2, 0.25) is 0 Å². The lowest BCUT2D eigenvalue weighted by molar-refractivity contribution is 0.669. The minimum Gasteiger partial charge on any atom is -0.456 e. The second-order valence-electron chi connectivity index (χ2n) is 14.9. The molecule has 254 valence electrons. The summed E-state index contributed by atoms with van der Waals surface area (Å²) in [7, 11) is 0. The second kappa shape index (κ2) is 10.6. The summed E-state index contributed by atoms with van der Waals surface area (Å²) in [4.78, 5) is 0. The lowest BCUT2D eigenvalue weighted by atomic mass is 9.91. The van der Waals surface area contributed by atoms with Crippen LogP contribution in [0, 0.1) is 0 Å². The van der Waals surface area contributed by atoms with Gasteiger partial charge in [-0.15, -0.1) is 0 Å². The van der Waals surface area contributed by atoms with E-state index in [0.29, 0.717) is 0 Å². The Labute approximate surface area is 314 Å². The highest BCUT2D eigenvalue weighted by Gasteiger charge is 2.21. The first-order valence-corrected chi connectivity index (χ1v) is 18.9. The van der Waals surface area contributed by atoms with E-state index in [1.165, 1.54) is 104 Å². The van der Waals surface area contributed by atoms with E-state index in [2.05, 4.69) is 185 Å². The molecule has 0 bridgehead atoms. The van der Waals surface area contributed by atoms with Gasteiger partial charge >= 0.3 is 0 Å². The summed E-state index contributed by atoms with van der Waals surface area (Å²) < 4.78 is 11.3. The average molecular weight is 699 g/mol. The van der Waals surface area contributed by atoms with Gasteiger partial charge in [0.25, 0.3) is 0 Å². The van der Waals surface area contributed by atoms with Crippen LogP contribution in [-0.2, 0) is 0 Å². The van der Waals surface area contributed by atoms with E-state index in [4.69, 9.17) is 4.42 Å². The third-order valence-corrected chi connectivity index (χ3v) is 12.0. The molecule has 0 saturated carbocycles. The van der Waals surface area contributed by atoms with Crippen LogP contribution in [0.15, 0.2) is 186 Å². The highest BCUT2D eigenvalue weighted by molar-refractivity contribution is 6.33. The van der Waals surface area contributed by atoms with Gasteiger partial charge < -0.3 is 13.6 Å². The molecule has 3 heterocycles. The average Bonchev–Trinajstić information content (AvgIpc) is 3.90. The summed E-state index contributed by atoms with van der Waals surface area (Å²) in [6.45, 7) is 0. The van der Waals surface area contributed by atoms with Crippen molar-refractivity contribution in [2.24, 2.45) is 0 Å². The predicted octanol–water partition coefficient (Wildman–Crippen LogP) is 14.3. The van der Waals surface area contributed by atoms with Crippen molar-refractivity contribution < 1.29 is 4.42 Å². The maximum atomic E-state index is 6.49. The van der Waals surface area contributed by atoms with Crippen LogP contribution in [0.5, 0.6) is 0 Å². The van der Waals surface area contributed by atoms with Gasteiger partial charge in [-0.1, -0.05) is 115 Å². The quantitative estimate of drug-likeness (QED) is 0.168. The lowest BCUT2D eigenvalue weighted by Crippen LogP contribution is -1.97. The maximum absolute atomic E-state index is 6.49. The Kier molecular flexibility index (Phi) is 5.63. The standard InChI is InChI=1S/C52H30N2O/c1-2-12-35(13-3-1)53-43-18-7-4-14-36(43)41-27-32(22-25-45(41)53)33-23-26-46-42(28-33)37-15-5-8-19-44(37)54(46)47-29-34-30-49-52(39-16-6-9-20-48(39)55-49)40-24-21-31-11-10-17-38(47)50(31)51(34)40/h1-30H. The van der Waals surface area contributed by atoms with Crippen LogP contribution in [0.4, 0.5) is 0 Å². The van der Waals surface area contributed by atoms with Gasteiger partial charge in [0, 0.05) is 43.4 Å². The molecule has 0 aliphatic carbocycles. The van der Waals surface area contributed by atoms with Gasteiger partial charge in [0.05, 0.1) is 27.8 Å². The Morgan fingerprint density at radius 3 is 1.67 bits per heavy atom. The van der Waals surface area contributed by atoms with Crippen molar-refractivity contribution in [3.8, 4) is 22.5 Å². The fourth-order valence-electron chi connectivity index (χ4n) is 9.70. The van der Waals surface area contributed by atoms with Crippen molar-refractivity contribution in [3.63, 3.8) is 0 Å². The van der Waals surface area contributed by atoms with Crippen LogP contribution < -0.4 is 0 Å². The van der Waals surface area contributed by atoms with Crippen LogP contribution in [0.25, 0.3) is 120 Å². The van der Waals surface area contributed by atoms with Crippen molar-refractivity contribution in [1.82, 2.24) is 9.13 Å². The van der Waals surface area contributed by atoms with Crippen molar-refractivity contribution in [1.29, 1.82) is 0 Å². The number of fused-ring (bicyclic) bond motifs is 10. The number of para-hydroxylation sites is 4. The van der Waals surface area contributed by atoms with E-state index in [-0.39, 0.29) is 0 Å². The molecule has 0 radical (unpaired) electrons. The smallest absolute Gasteiger partial charge is 0.136 e. The van der Waals surface area contributed by atoms with Gasteiger partial charge in [-0.2, -0.15) is 0 Å². The molecule has 0 aliphatic heterocycles. The van der Waals surface area contributed by atoms with E-state index in [1.807, 2.05) is 6.07 Å². The summed E-state index contributed by atoms with van der Waals surface area (Å²) >= 11 is 0. The van der Waals surface area contributed by atoms with Gasteiger partial charge in [0.1, 0.15) is 11.2 Å². The molecule has 13 aromatic rings. The molecule has 0 spiro atoms. The summed E-state index contributed by atoms with van der Waals surface area (Å²) in [5.74, 6) is 0. The Hall–Kier alpha value is -7.36. The van der Waals surface area contributed by atoms with Crippen LogP contribution in [-0.4, -0.2) is 9.13 Å². The molecule has 55 heavy (non-hydrogen) atoms. The minimum atomic E-state index is 0.923. The van der Waals surface area contributed by atoms with Crippen LogP contribution in [0.2, 0.25) is 0 Å². The lowest BCUT2D eigenvalue weighted by Gasteiger charge is -2.17. The highest BCUT2D eigenvalue weighted by atomic mass is 16.3. The SMILES string of the molecule is c1ccc(-n2c3ccccc3c3cc(-c4ccc5c(c4)c4ccccc4n5-c4cc5cc6oc7ccccc7c6c6ccc7cccc4c7c56)ccc32)cc1. The zero-order valence-electron chi connectivity index (χ0n) is 29.6. The molecule has 0 unspecified atom stereocenters. The molecule has 13 rings (SSSR count). The van der Waals surface area contributed by atoms with Crippen molar-refractivity contribution in [3.05, 3.63) is 182 Å². The Morgan fingerprint density at radius 1 is 0.309 bits per heavy atom. The summed E-state index contributed by atoms with van der Waals surface area (Å²) in [5.41, 5.74) is 11.4. The number of rotatable bonds is 3. The Morgan fingerprint density at radius 2 is 0.909 bits per heavy atom. The number of furan rings is 1. The molecule has 0 aliphatic rings. The first-order chi connectivity index (χ1) is 27.3. The highest BCUT2D eigenvalue weighted by Crippen LogP contribution is 2.46. The van der Waals surface area contributed by atoms with Gasteiger partial charge in [0.15, 0.2) is 0 Å². The molecule has 3 nitrogen and oxygen atoms in total. The number of benzene rings is 10. The number of aromatic nitrogens is 2. The summed E-state index contributed by atoms with van der Waals surface area (Å²) in [5, 5.41) is 14.9. The zero-order valence-corrected chi connectivity index (χ0v) is 29.6. The zero-order chi connectivity index (χ0) is 35.8. The van der Waals surface area contributed by atoms with Crippen molar-refractivity contribution in [2.75, 3.05) is 0 Å². The molecular weight excluding hydrogens is 669 g/mol. The molecule has 0 atom stereocenters. The molecule has 3 heteroatoms. The fourth-order valence-corrected chi connectivity index (χ4v) is 9.70. The van der Waals surface area contributed by atoms with E-state index in [1.54, 1.807) is 0 Å². The largest absolute Gasteiger partial charge is 0.456 e. The monoisotopic (exact) mass is 698 g/mol. The maximum Gasteiger partial charge on any atom is 0.136 e. The first kappa shape index (κ1) is 29.1. The molecule has 10 aromatic carbocycles. The second-order valence-corrected chi connectivity index (χ2v) is 14.9. The Balaban J connectivity index is 1.06. The van der Waals surface area contributed by atoms with Gasteiger partial charge in [-0.05, 0) is 105 Å². The molecule has 0 N–H and O–H groups in total. The summed E-state index contributed by atoms with van der Waals surface area (Å²) in [6.07, 6.45) is 0. The topological polar surface area (TPSA) is 23.0 Å². The molecular formula is C52H30N2O. The number of nitrogens with zero attached hydrogens (tertiary/aromatic N) is 2. The van der Waals surface area contributed by atoms with Crippen LogP contribution in [0.3, 0.4) is 0 Å². The molecule has 0 amide bonds. The normalized spacial score (nSPS) is 12.4. The summed E-state index contributed by atoms with van der Waals surface area (Å²) in [6, 6.07) is 66.5. The predicted molar refractivity (Wildman–Crippen MR) is 232 cm³/mol. The van der Waals surface area contributed by atoms with E-state index >= 15 is 0 Å². The van der Waals surface area contributed by atoms with Gasteiger partial charge in [-0.3, -0.25) is 0 Å². The molecule has 0 saturated heterocycles. The third kappa shape index (κ3) is 3.89. The van der Waals surface area contributed by atoms with Gasteiger partial charge in [-0.25, -0.2) is 0 Å². The third-order valence-electron chi connectivity index (χ3n) is 12.0. The number of hydrogen-bond acceptors (Lipinski definition) is 1. The van der Waals surface area contributed by atoms with Crippen LogP contribution >= 0.6 is 0 Å². The minimum absolute atomic E-state index is 0.923. The van der Waals surface area contributed by atoms with E-state index < -0.39 is 0 Å². The van der Waals surface area contributed by atoms with Crippen LogP contribution in [0.1, 0.15) is 0 Å². The molecule has 3 aromatic heterocycles. The van der Waals surface area contributed by atoms with E-state index in [9.17, 15) is 0 Å². The van der Waals surface area contributed by atoms with Crippen molar-refractivity contribution >= 4 is 97.9 Å². The van der Waals surface area contributed by atoms with Crippen molar-refractivity contribution in [2.45, 2.75) is 0 Å². The number of hydrogen-bond donors (Lipinski definition) is 0. The first-order valence-electron chi connectivity index (χ1n) is 18.9. The Bertz CT molecular complexity index is 3710. The van der Waals surface area contributed by atoms with E-state index in [0.717, 1.165) is 16.6 Å². The molecule has 0 fully saturated rings. The fraction of sp³-hybridized carbons (Fsp3) is 0.